The Bertz CT molecular complexity index is 841. The largest absolute Gasteiger partial charge is 0.427 e. The molecule has 168 valence electrons. The van der Waals surface area contributed by atoms with Crippen LogP contribution in [0.2, 0.25) is 0 Å². The summed E-state index contributed by atoms with van der Waals surface area (Å²) in [6, 6.07) is 15.4. The zero-order chi connectivity index (χ0) is 22.5. The minimum absolute atomic E-state index is 0.0380. The summed E-state index contributed by atoms with van der Waals surface area (Å²) < 4.78 is 5.18. The summed E-state index contributed by atoms with van der Waals surface area (Å²) in [5.41, 5.74) is 0.889. The first-order valence-electron chi connectivity index (χ1n) is 11.1. The van der Waals surface area contributed by atoms with E-state index in [4.69, 9.17) is 4.74 Å². The zero-order valence-corrected chi connectivity index (χ0v) is 19.7. The molecule has 0 radical (unpaired) electrons. The van der Waals surface area contributed by atoms with E-state index in [-0.39, 0.29) is 12.0 Å². The number of benzene rings is 2. The Balaban J connectivity index is 2.09. The van der Waals surface area contributed by atoms with Gasteiger partial charge in [0.05, 0.1) is 0 Å². The Morgan fingerprint density at radius 1 is 0.935 bits per heavy atom. The van der Waals surface area contributed by atoms with E-state index in [9.17, 15) is 9.59 Å². The average Bonchev–Trinajstić information content (AvgIpc) is 2.74. The van der Waals surface area contributed by atoms with Crippen LogP contribution in [0.1, 0.15) is 59.3 Å². The molecule has 0 aromatic heterocycles. The Labute approximate surface area is 190 Å². The summed E-state index contributed by atoms with van der Waals surface area (Å²) in [5, 5.41) is 3.08. The van der Waals surface area contributed by atoms with Gasteiger partial charge in [-0.3, -0.25) is 9.69 Å². The number of urea groups is 1. The summed E-state index contributed by atoms with van der Waals surface area (Å²) in [4.78, 5) is 27.9. The molecular weight excluding hydrogens is 408 g/mol. The van der Waals surface area contributed by atoms with Gasteiger partial charge in [-0.1, -0.05) is 63.4 Å². The fourth-order valence-electron chi connectivity index (χ4n) is 3.12. The number of nitrogens with zero attached hydrogens (tertiary/aromatic N) is 1. The van der Waals surface area contributed by atoms with Crippen molar-refractivity contribution in [3.63, 3.8) is 0 Å². The topological polar surface area (TPSA) is 58.6 Å². The quantitative estimate of drug-likeness (QED) is 0.227. The Morgan fingerprint density at radius 2 is 1.65 bits per heavy atom. The highest BCUT2D eigenvalue weighted by Gasteiger charge is 2.15. The van der Waals surface area contributed by atoms with E-state index < -0.39 is 0 Å². The van der Waals surface area contributed by atoms with Crippen molar-refractivity contribution in [3.8, 4) is 5.75 Å². The van der Waals surface area contributed by atoms with Crippen molar-refractivity contribution in [2.24, 2.45) is 0 Å². The monoisotopic (exact) mass is 442 g/mol. The van der Waals surface area contributed by atoms with Crippen molar-refractivity contribution < 1.29 is 14.3 Å². The van der Waals surface area contributed by atoms with Gasteiger partial charge in [0.2, 0.25) is 0 Å². The molecule has 2 aromatic rings. The molecule has 31 heavy (non-hydrogen) atoms. The first-order chi connectivity index (χ1) is 15.0. The van der Waals surface area contributed by atoms with Crippen molar-refractivity contribution >= 4 is 29.4 Å². The standard InChI is InChI=1S/C25H34N2O3S/c1-4-6-8-9-16-26-25(29)27(17-7-5-2)21-12-10-14-23(18-21)31-24-15-11-13-22(19-24)30-20(3)28/h10-15,18-19H,4-9,16-17H2,1-3H3,(H,26,29). The lowest BCUT2D eigenvalue weighted by Gasteiger charge is -2.23. The molecule has 0 heterocycles. The molecule has 1 N–H and O–H groups in total. The van der Waals surface area contributed by atoms with Crippen LogP contribution in [0.4, 0.5) is 10.5 Å². The van der Waals surface area contributed by atoms with Gasteiger partial charge in [-0.2, -0.15) is 0 Å². The molecule has 0 saturated heterocycles. The van der Waals surface area contributed by atoms with E-state index in [0.29, 0.717) is 18.8 Å². The molecule has 0 fully saturated rings. The maximum absolute atomic E-state index is 12.9. The predicted octanol–water partition coefficient (Wildman–Crippen LogP) is 6.66. The third-order valence-corrected chi connectivity index (χ3v) is 5.70. The first-order valence-corrected chi connectivity index (χ1v) is 12.0. The number of amides is 2. The fourth-order valence-corrected chi connectivity index (χ4v) is 4.04. The maximum atomic E-state index is 12.9. The van der Waals surface area contributed by atoms with Gasteiger partial charge in [0, 0.05) is 35.5 Å². The molecule has 0 unspecified atom stereocenters. The van der Waals surface area contributed by atoms with Gasteiger partial charge in [-0.15, -0.1) is 0 Å². The molecular formula is C25H34N2O3S. The Morgan fingerprint density at radius 3 is 2.35 bits per heavy atom. The predicted molar refractivity (Wildman–Crippen MR) is 128 cm³/mol. The number of carbonyl (C=O) groups excluding carboxylic acids is 2. The van der Waals surface area contributed by atoms with Gasteiger partial charge in [0.25, 0.3) is 0 Å². The third-order valence-electron chi connectivity index (χ3n) is 4.72. The van der Waals surface area contributed by atoms with E-state index >= 15 is 0 Å². The number of ether oxygens (including phenoxy) is 1. The van der Waals surface area contributed by atoms with Crippen molar-refractivity contribution in [3.05, 3.63) is 48.5 Å². The molecule has 2 aromatic carbocycles. The van der Waals surface area contributed by atoms with Gasteiger partial charge in [-0.05, 0) is 49.2 Å². The van der Waals surface area contributed by atoms with E-state index in [0.717, 1.165) is 41.2 Å². The summed E-state index contributed by atoms with van der Waals surface area (Å²) in [6.07, 6.45) is 6.51. The smallest absolute Gasteiger partial charge is 0.321 e. The number of esters is 1. The molecule has 2 rings (SSSR count). The molecule has 6 heteroatoms. The molecule has 0 saturated carbocycles. The van der Waals surface area contributed by atoms with Crippen molar-refractivity contribution in [2.75, 3.05) is 18.0 Å². The number of hydrogen-bond donors (Lipinski definition) is 1. The van der Waals surface area contributed by atoms with Crippen LogP contribution in [0.15, 0.2) is 58.3 Å². The highest BCUT2D eigenvalue weighted by atomic mass is 32.2. The van der Waals surface area contributed by atoms with E-state index in [1.165, 1.54) is 19.8 Å². The zero-order valence-electron chi connectivity index (χ0n) is 18.9. The number of nitrogens with one attached hydrogen (secondary N) is 1. The van der Waals surface area contributed by atoms with Crippen LogP contribution in [0.3, 0.4) is 0 Å². The average molecular weight is 443 g/mol. The van der Waals surface area contributed by atoms with E-state index in [1.807, 2.05) is 47.4 Å². The lowest BCUT2D eigenvalue weighted by Crippen LogP contribution is -2.41. The highest BCUT2D eigenvalue weighted by molar-refractivity contribution is 7.99. The fraction of sp³-hybridized carbons (Fsp3) is 0.440. The highest BCUT2D eigenvalue weighted by Crippen LogP contribution is 2.32. The number of rotatable bonds is 12. The number of anilines is 1. The van der Waals surface area contributed by atoms with Crippen molar-refractivity contribution in [1.29, 1.82) is 0 Å². The summed E-state index contributed by atoms with van der Waals surface area (Å²) >= 11 is 1.57. The maximum Gasteiger partial charge on any atom is 0.321 e. The van der Waals surface area contributed by atoms with Gasteiger partial charge in [0.1, 0.15) is 5.75 Å². The van der Waals surface area contributed by atoms with Gasteiger partial charge in [0.15, 0.2) is 0 Å². The molecule has 0 aliphatic heterocycles. The van der Waals surface area contributed by atoms with E-state index in [2.05, 4.69) is 19.2 Å². The number of unbranched alkanes of at least 4 members (excludes halogenated alkanes) is 4. The molecule has 0 bridgehead atoms. The normalized spacial score (nSPS) is 10.5. The summed E-state index contributed by atoms with van der Waals surface area (Å²) in [5.74, 6) is 0.192. The minimum atomic E-state index is -0.337. The summed E-state index contributed by atoms with van der Waals surface area (Å²) in [6.45, 7) is 7.10. The lowest BCUT2D eigenvalue weighted by molar-refractivity contribution is -0.131. The Hall–Kier alpha value is -2.47. The van der Waals surface area contributed by atoms with Gasteiger partial charge >= 0.3 is 12.0 Å². The first kappa shape index (κ1) is 24.8. The second kappa shape index (κ2) is 13.8. The van der Waals surface area contributed by atoms with Crippen LogP contribution < -0.4 is 15.0 Å². The number of hydrogen-bond acceptors (Lipinski definition) is 4. The van der Waals surface area contributed by atoms with Crippen LogP contribution in [0.5, 0.6) is 5.75 Å². The molecule has 0 aliphatic carbocycles. The van der Waals surface area contributed by atoms with Gasteiger partial charge in [-0.25, -0.2) is 4.79 Å². The SMILES string of the molecule is CCCCCCNC(=O)N(CCCC)c1cccc(Sc2cccc(OC(C)=O)c2)c1. The molecule has 5 nitrogen and oxygen atoms in total. The van der Waals surface area contributed by atoms with Crippen LogP contribution in [0, 0.1) is 0 Å². The molecule has 0 spiro atoms. The minimum Gasteiger partial charge on any atom is -0.427 e. The third kappa shape index (κ3) is 9.05. The van der Waals surface area contributed by atoms with Crippen LogP contribution in [0.25, 0.3) is 0 Å². The Kier molecular flexibility index (Phi) is 11.0. The lowest BCUT2D eigenvalue weighted by atomic mass is 10.2. The van der Waals surface area contributed by atoms with Crippen molar-refractivity contribution in [2.45, 2.75) is 69.1 Å². The van der Waals surface area contributed by atoms with E-state index in [1.54, 1.807) is 17.8 Å². The molecule has 2 amide bonds. The molecule has 0 atom stereocenters. The van der Waals surface area contributed by atoms with Crippen LogP contribution >= 0.6 is 11.8 Å². The second-order valence-corrected chi connectivity index (χ2v) is 8.61. The van der Waals surface area contributed by atoms with Gasteiger partial charge < -0.3 is 10.1 Å². The second-order valence-electron chi connectivity index (χ2n) is 7.47. The molecule has 0 aliphatic rings. The van der Waals surface area contributed by atoms with Crippen molar-refractivity contribution in [1.82, 2.24) is 5.32 Å². The van der Waals surface area contributed by atoms with Crippen LogP contribution in [-0.4, -0.2) is 25.1 Å². The van der Waals surface area contributed by atoms with Crippen LogP contribution in [-0.2, 0) is 4.79 Å². The number of carbonyl (C=O) groups is 2. The summed E-state index contributed by atoms with van der Waals surface area (Å²) in [7, 11) is 0.